The fourth-order valence-corrected chi connectivity index (χ4v) is 2.50. The molecule has 0 aliphatic rings. The second-order valence-corrected chi connectivity index (χ2v) is 5.67. The first kappa shape index (κ1) is 15.8. The molecule has 0 amide bonds. The van der Waals surface area contributed by atoms with Crippen molar-refractivity contribution in [2.45, 2.75) is 19.4 Å². The second-order valence-electron chi connectivity index (χ2n) is 4.96. The van der Waals surface area contributed by atoms with Gasteiger partial charge in [-0.15, -0.1) is 0 Å². The number of nitrogens with zero attached hydrogens (tertiary/aromatic N) is 5. The Labute approximate surface area is 139 Å². The molecular formula is C14H13BrFN5O2. The molecule has 1 unspecified atom stereocenters. The summed E-state index contributed by atoms with van der Waals surface area (Å²) in [7, 11) is 1.52. The van der Waals surface area contributed by atoms with E-state index >= 15 is 0 Å². The Morgan fingerprint density at radius 2 is 2.17 bits per heavy atom. The van der Waals surface area contributed by atoms with Crippen LogP contribution in [-0.4, -0.2) is 42.9 Å². The van der Waals surface area contributed by atoms with Crippen molar-refractivity contribution in [3.05, 3.63) is 34.7 Å². The summed E-state index contributed by atoms with van der Waals surface area (Å²) in [5, 5.41) is 14.0. The molecule has 0 aromatic carbocycles. The Morgan fingerprint density at radius 3 is 2.87 bits per heavy atom. The summed E-state index contributed by atoms with van der Waals surface area (Å²) in [6, 6.07) is 1.68. The van der Waals surface area contributed by atoms with Gasteiger partial charge in [0.1, 0.15) is 22.8 Å². The number of hydrogen-bond donors (Lipinski definition) is 1. The molecule has 3 aromatic rings. The number of imidazole rings is 1. The molecule has 7 nitrogen and oxygen atoms in total. The number of fused-ring (bicyclic) bond motifs is 1. The van der Waals surface area contributed by atoms with Crippen molar-refractivity contribution in [3.8, 4) is 17.1 Å². The van der Waals surface area contributed by atoms with Gasteiger partial charge in [-0.2, -0.15) is 5.10 Å². The largest absolute Gasteiger partial charge is 0.495 e. The Balaban J connectivity index is 2.21. The third-order valence-corrected chi connectivity index (χ3v) is 3.58. The van der Waals surface area contributed by atoms with Crippen molar-refractivity contribution in [1.82, 2.24) is 24.6 Å². The van der Waals surface area contributed by atoms with E-state index in [0.717, 1.165) is 6.20 Å². The van der Waals surface area contributed by atoms with Gasteiger partial charge in [0.25, 0.3) is 0 Å². The topological polar surface area (TPSA) is 85.4 Å². The zero-order chi connectivity index (χ0) is 16.6. The average molecular weight is 382 g/mol. The Morgan fingerprint density at radius 1 is 1.39 bits per heavy atom. The summed E-state index contributed by atoms with van der Waals surface area (Å²) >= 11 is 3.12. The van der Waals surface area contributed by atoms with E-state index in [4.69, 9.17) is 4.74 Å². The number of methoxy groups -OCH3 is 1. The van der Waals surface area contributed by atoms with Crippen LogP contribution in [-0.2, 0) is 6.42 Å². The van der Waals surface area contributed by atoms with E-state index < -0.39 is 11.9 Å². The molecule has 0 aliphatic heterocycles. The van der Waals surface area contributed by atoms with Crippen molar-refractivity contribution in [2.75, 3.05) is 7.11 Å². The van der Waals surface area contributed by atoms with E-state index in [2.05, 4.69) is 36.0 Å². The summed E-state index contributed by atoms with van der Waals surface area (Å²) in [5.74, 6) is -0.0652. The number of aliphatic hydroxyl groups is 1. The SMILES string of the molecule is COc1cc2ncc(-c3nc(Br)ncc3F)n2nc1CC(C)O. The molecule has 0 fully saturated rings. The molecular weight excluding hydrogens is 369 g/mol. The highest BCUT2D eigenvalue weighted by atomic mass is 79.9. The Kier molecular flexibility index (Phi) is 4.22. The van der Waals surface area contributed by atoms with Crippen molar-refractivity contribution < 1.29 is 14.2 Å². The van der Waals surface area contributed by atoms with Gasteiger partial charge in [0, 0.05) is 12.5 Å². The molecule has 1 N–H and O–H groups in total. The van der Waals surface area contributed by atoms with Crippen LogP contribution in [0.3, 0.4) is 0 Å². The number of aromatic nitrogens is 5. The van der Waals surface area contributed by atoms with Crippen LogP contribution >= 0.6 is 15.9 Å². The minimum Gasteiger partial charge on any atom is -0.495 e. The maximum atomic E-state index is 14.0. The van der Waals surface area contributed by atoms with Gasteiger partial charge in [-0.25, -0.2) is 23.9 Å². The second kappa shape index (κ2) is 6.17. The molecule has 0 aliphatic carbocycles. The normalized spacial score (nSPS) is 12.6. The van der Waals surface area contributed by atoms with Gasteiger partial charge < -0.3 is 9.84 Å². The lowest BCUT2D eigenvalue weighted by Crippen LogP contribution is -2.11. The number of rotatable bonds is 4. The van der Waals surface area contributed by atoms with Crippen LogP contribution in [0.1, 0.15) is 12.6 Å². The van der Waals surface area contributed by atoms with Crippen LogP contribution in [0.15, 0.2) is 23.2 Å². The molecule has 9 heteroatoms. The summed E-state index contributed by atoms with van der Waals surface area (Å²) < 4.78 is 21.1. The zero-order valence-electron chi connectivity index (χ0n) is 12.4. The highest BCUT2D eigenvalue weighted by molar-refractivity contribution is 9.10. The summed E-state index contributed by atoms with van der Waals surface area (Å²) in [4.78, 5) is 12.0. The molecule has 0 saturated heterocycles. The van der Waals surface area contributed by atoms with E-state index in [9.17, 15) is 9.50 Å². The van der Waals surface area contributed by atoms with Crippen molar-refractivity contribution >= 4 is 21.6 Å². The van der Waals surface area contributed by atoms with Gasteiger partial charge in [-0.05, 0) is 22.9 Å². The predicted octanol–water partition coefficient (Wildman–Crippen LogP) is 2.02. The van der Waals surface area contributed by atoms with E-state index in [1.54, 1.807) is 13.0 Å². The van der Waals surface area contributed by atoms with E-state index in [1.165, 1.54) is 17.8 Å². The van der Waals surface area contributed by atoms with E-state index in [0.29, 0.717) is 29.2 Å². The van der Waals surface area contributed by atoms with Gasteiger partial charge in [0.2, 0.25) is 0 Å². The molecule has 0 spiro atoms. The van der Waals surface area contributed by atoms with Crippen molar-refractivity contribution in [2.24, 2.45) is 0 Å². The first-order chi connectivity index (χ1) is 11.0. The van der Waals surface area contributed by atoms with Crippen LogP contribution in [0.2, 0.25) is 0 Å². The lowest BCUT2D eigenvalue weighted by molar-refractivity contribution is 0.192. The van der Waals surface area contributed by atoms with Crippen LogP contribution in [0, 0.1) is 5.82 Å². The standard InChI is InChI=1S/C14H13BrFN5O2/c1-7(22)3-9-11(23-2)4-12-17-6-10(21(12)20-9)13-8(16)5-18-14(15)19-13/h4-7,22H,3H2,1-2H3. The Bertz CT molecular complexity index is 868. The highest BCUT2D eigenvalue weighted by Crippen LogP contribution is 2.25. The molecule has 0 bridgehead atoms. The van der Waals surface area contributed by atoms with Crippen LogP contribution < -0.4 is 4.74 Å². The monoisotopic (exact) mass is 381 g/mol. The quantitative estimate of drug-likeness (QED) is 0.695. The minimum absolute atomic E-state index is 0.0834. The maximum Gasteiger partial charge on any atom is 0.197 e. The van der Waals surface area contributed by atoms with Gasteiger partial charge >= 0.3 is 0 Å². The van der Waals surface area contributed by atoms with Gasteiger partial charge in [-0.1, -0.05) is 0 Å². The molecule has 3 rings (SSSR count). The van der Waals surface area contributed by atoms with E-state index in [-0.39, 0.29) is 10.4 Å². The molecule has 1 atom stereocenters. The molecule has 120 valence electrons. The maximum absolute atomic E-state index is 14.0. The van der Waals surface area contributed by atoms with Gasteiger partial charge in [-0.3, -0.25) is 0 Å². The molecule has 0 saturated carbocycles. The zero-order valence-corrected chi connectivity index (χ0v) is 13.9. The van der Waals surface area contributed by atoms with Crippen LogP contribution in [0.5, 0.6) is 5.75 Å². The van der Waals surface area contributed by atoms with E-state index in [1.807, 2.05) is 0 Å². The lowest BCUT2D eigenvalue weighted by atomic mass is 10.2. The minimum atomic E-state index is -0.592. The first-order valence-corrected chi connectivity index (χ1v) is 7.57. The van der Waals surface area contributed by atoms with Gasteiger partial charge in [0.05, 0.1) is 25.6 Å². The fraction of sp³-hybridized carbons (Fsp3) is 0.286. The summed E-state index contributed by atoms with van der Waals surface area (Å²) in [6.07, 6.45) is 2.26. The number of aliphatic hydroxyl groups excluding tert-OH is 1. The van der Waals surface area contributed by atoms with Crippen LogP contribution in [0.25, 0.3) is 17.0 Å². The molecule has 0 radical (unpaired) electrons. The lowest BCUT2D eigenvalue weighted by Gasteiger charge is -2.10. The van der Waals surface area contributed by atoms with Gasteiger partial charge in [0.15, 0.2) is 16.2 Å². The van der Waals surface area contributed by atoms with Crippen molar-refractivity contribution in [3.63, 3.8) is 0 Å². The number of ether oxygens (including phenoxy) is 1. The third kappa shape index (κ3) is 3.02. The first-order valence-electron chi connectivity index (χ1n) is 6.77. The smallest absolute Gasteiger partial charge is 0.197 e. The number of halogens is 2. The fourth-order valence-electron chi connectivity index (χ4n) is 2.22. The number of hydrogen-bond acceptors (Lipinski definition) is 6. The third-order valence-electron chi connectivity index (χ3n) is 3.20. The average Bonchev–Trinajstić information content (AvgIpc) is 2.91. The summed E-state index contributed by atoms with van der Waals surface area (Å²) in [5.41, 5.74) is 1.50. The molecule has 3 heterocycles. The Hall–Kier alpha value is -2.13. The highest BCUT2D eigenvalue weighted by Gasteiger charge is 2.17. The molecule has 3 aromatic heterocycles. The predicted molar refractivity (Wildman–Crippen MR) is 83.6 cm³/mol. The van der Waals surface area contributed by atoms with Crippen molar-refractivity contribution in [1.29, 1.82) is 0 Å². The summed E-state index contributed by atoms with van der Waals surface area (Å²) in [6.45, 7) is 1.65. The molecule has 23 heavy (non-hydrogen) atoms. The van der Waals surface area contributed by atoms with Crippen LogP contribution in [0.4, 0.5) is 4.39 Å².